The first-order valence-corrected chi connectivity index (χ1v) is 7.22. The van der Waals surface area contributed by atoms with Crippen molar-refractivity contribution in [2.24, 2.45) is 0 Å². The van der Waals surface area contributed by atoms with Crippen molar-refractivity contribution in [1.82, 2.24) is 0 Å². The van der Waals surface area contributed by atoms with Gasteiger partial charge in [0.15, 0.2) is 0 Å². The molecule has 0 aromatic heterocycles. The van der Waals surface area contributed by atoms with E-state index < -0.39 is 23.5 Å². The Hall–Kier alpha value is -2.57. The molecule has 0 bridgehead atoms. The molecule has 0 fully saturated rings. The zero-order valence-corrected chi connectivity index (χ0v) is 12.8. The average Bonchev–Trinajstić information content (AvgIpc) is 2.52. The predicted octanol–water partition coefficient (Wildman–Crippen LogP) is 4.89. The maximum absolute atomic E-state index is 13.2. The highest BCUT2D eigenvalue weighted by molar-refractivity contribution is 6.05. The number of halogens is 4. The van der Waals surface area contributed by atoms with Crippen molar-refractivity contribution in [3.63, 3.8) is 0 Å². The minimum absolute atomic E-state index is 0.00569. The Morgan fingerprint density at radius 2 is 1.92 bits per heavy atom. The molecule has 24 heavy (non-hydrogen) atoms. The van der Waals surface area contributed by atoms with Gasteiger partial charge in [-0.1, -0.05) is 13.0 Å². The standard InChI is InChI=1S/C17H15F4NO2/c1-2-8-24-15-7-6-12(17(19,20)21)10-14(15)22-16(23)11-4-3-5-13(18)9-11/h3-7,9-10H,2,8H2,1H3,(H,22,23). The number of carbonyl (C=O) groups excluding carboxylic acids is 1. The van der Waals surface area contributed by atoms with E-state index in [1.165, 1.54) is 12.1 Å². The summed E-state index contributed by atoms with van der Waals surface area (Å²) in [4.78, 5) is 12.1. The van der Waals surface area contributed by atoms with Crippen LogP contribution in [0.15, 0.2) is 42.5 Å². The van der Waals surface area contributed by atoms with Crippen LogP contribution in [0.3, 0.4) is 0 Å². The molecule has 0 unspecified atom stereocenters. The number of alkyl halides is 3. The Kier molecular flexibility index (Phi) is 5.43. The van der Waals surface area contributed by atoms with Crippen LogP contribution in [0.1, 0.15) is 29.3 Å². The Morgan fingerprint density at radius 3 is 2.54 bits per heavy atom. The van der Waals surface area contributed by atoms with Gasteiger partial charge in [0.05, 0.1) is 17.9 Å². The smallest absolute Gasteiger partial charge is 0.416 e. The summed E-state index contributed by atoms with van der Waals surface area (Å²) in [6, 6.07) is 7.68. The van der Waals surface area contributed by atoms with E-state index in [1.807, 2.05) is 6.92 Å². The van der Waals surface area contributed by atoms with E-state index in [0.717, 1.165) is 30.3 Å². The Morgan fingerprint density at radius 1 is 1.17 bits per heavy atom. The van der Waals surface area contributed by atoms with Crippen LogP contribution in [-0.2, 0) is 6.18 Å². The fourth-order valence-corrected chi connectivity index (χ4v) is 1.97. The maximum Gasteiger partial charge on any atom is 0.416 e. The molecule has 2 aromatic carbocycles. The average molecular weight is 341 g/mol. The second-order valence-electron chi connectivity index (χ2n) is 5.02. The number of rotatable bonds is 5. The SMILES string of the molecule is CCCOc1ccc(C(F)(F)F)cc1NC(=O)c1cccc(F)c1. The maximum atomic E-state index is 13.2. The summed E-state index contributed by atoms with van der Waals surface area (Å²) in [7, 11) is 0. The summed E-state index contributed by atoms with van der Waals surface area (Å²) in [6.45, 7) is 2.13. The lowest BCUT2D eigenvalue weighted by Crippen LogP contribution is -2.15. The molecule has 0 atom stereocenters. The Labute approximate surface area is 136 Å². The molecule has 0 spiro atoms. The number of nitrogens with one attached hydrogen (secondary N) is 1. The monoisotopic (exact) mass is 341 g/mol. The van der Waals surface area contributed by atoms with E-state index in [-0.39, 0.29) is 23.6 Å². The van der Waals surface area contributed by atoms with Gasteiger partial charge in [0.1, 0.15) is 11.6 Å². The van der Waals surface area contributed by atoms with Crippen molar-refractivity contribution in [2.45, 2.75) is 19.5 Å². The van der Waals surface area contributed by atoms with Gasteiger partial charge in [-0.2, -0.15) is 13.2 Å². The van der Waals surface area contributed by atoms with Crippen LogP contribution in [-0.4, -0.2) is 12.5 Å². The lowest BCUT2D eigenvalue weighted by Gasteiger charge is -2.15. The fraction of sp³-hybridized carbons (Fsp3) is 0.235. The van der Waals surface area contributed by atoms with E-state index in [9.17, 15) is 22.4 Å². The van der Waals surface area contributed by atoms with Gasteiger partial charge in [-0.3, -0.25) is 4.79 Å². The summed E-state index contributed by atoms with van der Waals surface area (Å²) in [6.07, 6.45) is -3.90. The third-order valence-electron chi connectivity index (χ3n) is 3.10. The van der Waals surface area contributed by atoms with Crippen LogP contribution >= 0.6 is 0 Å². The minimum atomic E-state index is -4.55. The van der Waals surface area contributed by atoms with Crippen molar-refractivity contribution < 1.29 is 27.1 Å². The summed E-state index contributed by atoms with van der Waals surface area (Å²) in [5, 5.41) is 2.34. The molecule has 0 saturated carbocycles. The topological polar surface area (TPSA) is 38.3 Å². The van der Waals surface area contributed by atoms with Crippen LogP contribution in [0.4, 0.5) is 23.2 Å². The minimum Gasteiger partial charge on any atom is -0.491 e. The predicted molar refractivity (Wildman–Crippen MR) is 81.6 cm³/mol. The fourth-order valence-electron chi connectivity index (χ4n) is 1.97. The Balaban J connectivity index is 2.33. The third kappa shape index (κ3) is 4.47. The van der Waals surface area contributed by atoms with Crippen molar-refractivity contribution >= 4 is 11.6 Å². The first-order valence-electron chi connectivity index (χ1n) is 7.22. The van der Waals surface area contributed by atoms with Gasteiger partial charge in [0.2, 0.25) is 0 Å². The van der Waals surface area contributed by atoms with Crippen LogP contribution < -0.4 is 10.1 Å². The molecule has 0 saturated heterocycles. The number of benzene rings is 2. The lowest BCUT2D eigenvalue weighted by molar-refractivity contribution is -0.137. The van der Waals surface area contributed by atoms with E-state index in [1.54, 1.807) is 0 Å². The first-order chi connectivity index (χ1) is 11.3. The van der Waals surface area contributed by atoms with Gasteiger partial charge in [0, 0.05) is 5.56 Å². The molecule has 0 aliphatic carbocycles. The molecule has 3 nitrogen and oxygen atoms in total. The van der Waals surface area contributed by atoms with E-state index in [0.29, 0.717) is 6.42 Å². The van der Waals surface area contributed by atoms with Gasteiger partial charge >= 0.3 is 6.18 Å². The van der Waals surface area contributed by atoms with Gasteiger partial charge in [-0.05, 0) is 42.8 Å². The van der Waals surface area contributed by atoms with E-state index in [2.05, 4.69) is 5.32 Å². The molecule has 2 rings (SSSR count). The number of ether oxygens (including phenoxy) is 1. The molecule has 128 valence electrons. The van der Waals surface area contributed by atoms with Crippen LogP contribution in [0.2, 0.25) is 0 Å². The quantitative estimate of drug-likeness (QED) is 0.787. The third-order valence-corrected chi connectivity index (χ3v) is 3.10. The molecule has 0 heterocycles. The largest absolute Gasteiger partial charge is 0.491 e. The summed E-state index contributed by atoms with van der Waals surface area (Å²) in [5.41, 5.74) is -1.04. The van der Waals surface area contributed by atoms with Gasteiger partial charge < -0.3 is 10.1 Å². The Bertz CT molecular complexity index is 729. The number of amides is 1. The molecule has 1 N–H and O–H groups in total. The molecule has 7 heteroatoms. The highest BCUT2D eigenvalue weighted by Crippen LogP contribution is 2.35. The molecule has 0 radical (unpaired) electrons. The number of carbonyl (C=O) groups is 1. The molecular weight excluding hydrogens is 326 g/mol. The van der Waals surface area contributed by atoms with E-state index >= 15 is 0 Å². The molecular formula is C17H15F4NO2. The van der Waals surface area contributed by atoms with E-state index in [4.69, 9.17) is 4.74 Å². The van der Waals surface area contributed by atoms with Crippen LogP contribution in [0.25, 0.3) is 0 Å². The number of anilines is 1. The molecule has 1 amide bonds. The summed E-state index contributed by atoms with van der Waals surface area (Å²) >= 11 is 0. The molecule has 0 aliphatic rings. The molecule has 2 aromatic rings. The normalized spacial score (nSPS) is 11.2. The van der Waals surface area contributed by atoms with Crippen molar-refractivity contribution in [3.05, 3.63) is 59.4 Å². The molecule has 0 aliphatic heterocycles. The van der Waals surface area contributed by atoms with Crippen LogP contribution in [0.5, 0.6) is 5.75 Å². The van der Waals surface area contributed by atoms with Gasteiger partial charge in [-0.25, -0.2) is 4.39 Å². The van der Waals surface area contributed by atoms with Crippen molar-refractivity contribution in [3.8, 4) is 5.75 Å². The number of hydrogen-bond donors (Lipinski definition) is 1. The van der Waals surface area contributed by atoms with Crippen LogP contribution in [0, 0.1) is 5.82 Å². The zero-order valence-electron chi connectivity index (χ0n) is 12.8. The van der Waals surface area contributed by atoms with Crippen molar-refractivity contribution in [1.29, 1.82) is 0 Å². The zero-order chi connectivity index (χ0) is 17.7. The summed E-state index contributed by atoms with van der Waals surface area (Å²) < 4.78 is 57.1. The summed E-state index contributed by atoms with van der Waals surface area (Å²) in [5.74, 6) is -1.22. The first kappa shape index (κ1) is 17.8. The van der Waals surface area contributed by atoms with Crippen molar-refractivity contribution in [2.75, 3.05) is 11.9 Å². The second-order valence-corrected chi connectivity index (χ2v) is 5.02. The van der Waals surface area contributed by atoms with Gasteiger partial charge in [-0.15, -0.1) is 0 Å². The highest BCUT2D eigenvalue weighted by Gasteiger charge is 2.31. The highest BCUT2D eigenvalue weighted by atomic mass is 19.4. The second kappa shape index (κ2) is 7.33. The van der Waals surface area contributed by atoms with Gasteiger partial charge in [0.25, 0.3) is 5.91 Å². The number of hydrogen-bond acceptors (Lipinski definition) is 2. The lowest BCUT2D eigenvalue weighted by atomic mass is 10.1.